The topological polar surface area (TPSA) is 34.9 Å². The first-order valence-electron chi connectivity index (χ1n) is 4.29. The number of rotatable bonds is 2. The zero-order valence-electron chi connectivity index (χ0n) is 7.70. The quantitative estimate of drug-likeness (QED) is 0.770. The van der Waals surface area contributed by atoms with Crippen molar-refractivity contribution in [2.24, 2.45) is 0 Å². The van der Waals surface area contributed by atoms with Crippen molar-refractivity contribution in [3.63, 3.8) is 0 Å². The highest BCUT2D eigenvalue weighted by Crippen LogP contribution is 2.23. The van der Waals surface area contributed by atoms with Gasteiger partial charge in [-0.2, -0.15) is 0 Å². The molecule has 1 heterocycles. The molecule has 0 spiro atoms. The normalized spacial score (nSPS) is 10.7. The molecule has 1 aromatic heterocycles. The molecule has 1 aromatic carbocycles. The largest absolute Gasteiger partial charge is 0.321 e. The molecule has 72 valence electrons. The number of hydrogen-bond acceptors (Lipinski definition) is 2. The van der Waals surface area contributed by atoms with E-state index in [1.807, 2.05) is 29.7 Å². The number of aldehydes is 1. The van der Waals surface area contributed by atoms with Gasteiger partial charge in [0.1, 0.15) is 17.6 Å². The highest BCUT2D eigenvalue weighted by Gasteiger charge is 2.08. The maximum Gasteiger partial charge on any atom is 0.139 e. The van der Waals surface area contributed by atoms with Gasteiger partial charge in [0.25, 0.3) is 0 Å². The Balaban J connectivity index is 2.76. The van der Waals surface area contributed by atoms with Gasteiger partial charge in [0, 0.05) is 4.47 Å². The lowest BCUT2D eigenvalue weighted by Gasteiger charge is -2.00. The van der Waals surface area contributed by atoms with Gasteiger partial charge >= 0.3 is 0 Å². The van der Waals surface area contributed by atoms with Crippen molar-refractivity contribution in [3.8, 4) is 0 Å². The minimum absolute atomic E-state index is 0.360. The Bertz CT molecular complexity index is 490. The van der Waals surface area contributed by atoms with Gasteiger partial charge in [0.2, 0.25) is 0 Å². The van der Waals surface area contributed by atoms with E-state index in [1.54, 1.807) is 0 Å². The summed E-state index contributed by atoms with van der Waals surface area (Å²) in [7, 11) is 0. The summed E-state index contributed by atoms with van der Waals surface area (Å²) in [6, 6.07) is 5.85. The summed E-state index contributed by atoms with van der Waals surface area (Å²) < 4.78 is 2.86. The van der Waals surface area contributed by atoms with Gasteiger partial charge in [-0.3, -0.25) is 0 Å². The molecule has 0 aliphatic carbocycles. The van der Waals surface area contributed by atoms with Crippen LogP contribution in [0.15, 0.2) is 22.7 Å². The number of imidazole rings is 1. The minimum atomic E-state index is 0.360. The van der Waals surface area contributed by atoms with Crippen LogP contribution in [0.25, 0.3) is 11.0 Å². The SMILES string of the molecule is Cc1nc2c(Br)cccc2n1CC=O. The van der Waals surface area contributed by atoms with Crippen molar-refractivity contribution in [1.29, 1.82) is 0 Å². The van der Waals surface area contributed by atoms with Gasteiger partial charge in [0.05, 0.1) is 12.1 Å². The van der Waals surface area contributed by atoms with Crippen LogP contribution in [0.2, 0.25) is 0 Å². The molecule has 4 heteroatoms. The first kappa shape index (κ1) is 9.40. The Morgan fingerprint density at radius 2 is 2.36 bits per heavy atom. The number of carbonyl (C=O) groups excluding carboxylic acids is 1. The third-order valence-corrected chi connectivity index (χ3v) is 2.82. The smallest absolute Gasteiger partial charge is 0.139 e. The van der Waals surface area contributed by atoms with Crippen molar-refractivity contribution in [3.05, 3.63) is 28.5 Å². The summed E-state index contributed by atoms with van der Waals surface area (Å²) >= 11 is 3.43. The number of aromatic nitrogens is 2. The van der Waals surface area contributed by atoms with E-state index >= 15 is 0 Å². The van der Waals surface area contributed by atoms with E-state index in [-0.39, 0.29) is 0 Å². The first-order chi connectivity index (χ1) is 6.74. The van der Waals surface area contributed by atoms with Crippen molar-refractivity contribution in [2.75, 3.05) is 0 Å². The number of benzene rings is 1. The lowest BCUT2D eigenvalue weighted by molar-refractivity contribution is -0.108. The maximum atomic E-state index is 10.5. The van der Waals surface area contributed by atoms with Crippen LogP contribution in [-0.2, 0) is 11.3 Å². The van der Waals surface area contributed by atoms with Crippen molar-refractivity contribution < 1.29 is 4.79 Å². The zero-order chi connectivity index (χ0) is 10.1. The predicted octanol–water partition coefficient (Wildman–Crippen LogP) is 2.31. The van der Waals surface area contributed by atoms with Crippen LogP contribution in [0.5, 0.6) is 0 Å². The Morgan fingerprint density at radius 1 is 1.57 bits per heavy atom. The zero-order valence-corrected chi connectivity index (χ0v) is 9.28. The van der Waals surface area contributed by atoms with Crippen molar-refractivity contribution in [2.45, 2.75) is 13.5 Å². The molecule has 2 rings (SSSR count). The second kappa shape index (κ2) is 3.53. The third kappa shape index (κ3) is 1.35. The molecule has 0 unspecified atom stereocenters. The Hall–Kier alpha value is -1.16. The van der Waals surface area contributed by atoms with Gasteiger partial charge in [-0.15, -0.1) is 0 Å². The van der Waals surface area contributed by atoms with Gasteiger partial charge in [-0.1, -0.05) is 6.07 Å². The number of nitrogens with zero attached hydrogens (tertiary/aromatic N) is 2. The molecule has 0 fully saturated rings. The summed E-state index contributed by atoms with van der Waals surface area (Å²) in [6.07, 6.45) is 0.884. The first-order valence-corrected chi connectivity index (χ1v) is 5.08. The molecule has 0 amide bonds. The molecule has 0 aliphatic rings. The second-order valence-electron chi connectivity index (χ2n) is 3.04. The fourth-order valence-corrected chi connectivity index (χ4v) is 1.98. The van der Waals surface area contributed by atoms with E-state index in [0.29, 0.717) is 6.54 Å². The Labute approximate surface area is 89.9 Å². The summed E-state index contributed by atoms with van der Waals surface area (Å²) in [5.74, 6) is 0.860. The van der Waals surface area contributed by atoms with Crippen LogP contribution in [0, 0.1) is 6.92 Å². The van der Waals surface area contributed by atoms with Crippen LogP contribution >= 0.6 is 15.9 Å². The molecule has 2 aromatic rings. The van der Waals surface area contributed by atoms with Crippen LogP contribution in [0.3, 0.4) is 0 Å². The molecule has 0 N–H and O–H groups in total. The lowest BCUT2D eigenvalue weighted by atomic mass is 10.3. The van der Waals surface area contributed by atoms with E-state index in [2.05, 4.69) is 20.9 Å². The fourth-order valence-electron chi connectivity index (χ4n) is 1.53. The average Bonchev–Trinajstić information content (AvgIpc) is 2.47. The van der Waals surface area contributed by atoms with E-state index in [1.165, 1.54) is 0 Å². The Morgan fingerprint density at radius 3 is 3.07 bits per heavy atom. The van der Waals surface area contributed by atoms with Gasteiger partial charge in [-0.05, 0) is 35.0 Å². The standard InChI is InChI=1S/C10H9BrN2O/c1-7-12-10-8(11)3-2-4-9(10)13(7)5-6-14/h2-4,6H,5H2,1H3. The average molecular weight is 253 g/mol. The number of halogens is 1. The highest BCUT2D eigenvalue weighted by molar-refractivity contribution is 9.10. The molecule has 0 saturated heterocycles. The molecule has 0 saturated carbocycles. The molecular weight excluding hydrogens is 244 g/mol. The summed E-state index contributed by atoms with van der Waals surface area (Å²) in [5, 5.41) is 0. The number of fused-ring (bicyclic) bond motifs is 1. The van der Waals surface area contributed by atoms with E-state index in [0.717, 1.165) is 27.6 Å². The summed E-state index contributed by atoms with van der Waals surface area (Å²) in [5.41, 5.74) is 1.90. The molecule has 14 heavy (non-hydrogen) atoms. The number of hydrogen-bond donors (Lipinski definition) is 0. The maximum absolute atomic E-state index is 10.5. The number of aryl methyl sites for hydroxylation is 1. The lowest BCUT2D eigenvalue weighted by Crippen LogP contribution is -2.00. The summed E-state index contributed by atoms with van der Waals surface area (Å²) in [4.78, 5) is 14.9. The van der Waals surface area contributed by atoms with Gasteiger partial charge in [0.15, 0.2) is 0 Å². The van der Waals surface area contributed by atoms with E-state index < -0.39 is 0 Å². The minimum Gasteiger partial charge on any atom is -0.321 e. The molecule has 0 atom stereocenters. The van der Waals surface area contributed by atoms with E-state index in [4.69, 9.17) is 0 Å². The second-order valence-corrected chi connectivity index (χ2v) is 3.90. The number of carbonyl (C=O) groups is 1. The van der Waals surface area contributed by atoms with Crippen LogP contribution < -0.4 is 0 Å². The van der Waals surface area contributed by atoms with Crippen LogP contribution in [0.1, 0.15) is 5.82 Å². The summed E-state index contributed by atoms with van der Waals surface area (Å²) in [6.45, 7) is 2.26. The fraction of sp³-hybridized carbons (Fsp3) is 0.200. The molecule has 0 bridgehead atoms. The molecule has 3 nitrogen and oxygen atoms in total. The van der Waals surface area contributed by atoms with E-state index in [9.17, 15) is 4.79 Å². The predicted molar refractivity (Wildman–Crippen MR) is 58.2 cm³/mol. The highest BCUT2D eigenvalue weighted by atomic mass is 79.9. The monoisotopic (exact) mass is 252 g/mol. The van der Waals surface area contributed by atoms with Crippen molar-refractivity contribution in [1.82, 2.24) is 9.55 Å². The molecular formula is C10H9BrN2O. The van der Waals surface area contributed by atoms with Crippen LogP contribution in [0.4, 0.5) is 0 Å². The van der Waals surface area contributed by atoms with Gasteiger partial charge in [-0.25, -0.2) is 4.98 Å². The van der Waals surface area contributed by atoms with Crippen molar-refractivity contribution >= 4 is 33.2 Å². The molecule has 0 aliphatic heterocycles. The number of para-hydroxylation sites is 1. The molecule has 0 radical (unpaired) electrons. The Kier molecular flexibility index (Phi) is 2.37. The van der Waals surface area contributed by atoms with Gasteiger partial charge < -0.3 is 9.36 Å². The van der Waals surface area contributed by atoms with Crippen LogP contribution in [-0.4, -0.2) is 15.8 Å². The third-order valence-electron chi connectivity index (χ3n) is 2.18.